The van der Waals surface area contributed by atoms with E-state index in [1.165, 1.54) is 25.7 Å². The Morgan fingerprint density at radius 3 is 2.75 bits per heavy atom. The Morgan fingerprint density at radius 1 is 1.44 bits per heavy atom. The molecule has 0 saturated carbocycles. The highest BCUT2D eigenvalue weighted by Crippen LogP contribution is 2.18. The third kappa shape index (κ3) is 4.64. The van der Waals surface area contributed by atoms with Gasteiger partial charge in [-0.1, -0.05) is 37.8 Å². The molecular formula is C12H21NO3. The van der Waals surface area contributed by atoms with E-state index in [4.69, 9.17) is 9.94 Å². The molecule has 0 aromatic rings. The Balaban J connectivity index is 2.10. The van der Waals surface area contributed by atoms with Crippen molar-refractivity contribution >= 4 is 11.7 Å². The molecule has 4 heteroatoms. The van der Waals surface area contributed by atoms with Crippen LogP contribution < -0.4 is 0 Å². The lowest BCUT2D eigenvalue weighted by atomic mass is 10.0. The van der Waals surface area contributed by atoms with Gasteiger partial charge in [-0.15, -0.1) is 0 Å². The van der Waals surface area contributed by atoms with Gasteiger partial charge in [-0.3, -0.25) is 0 Å². The molecule has 1 rings (SSSR count). The van der Waals surface area contributed by atoms with E-state index in [0.717, 1.165) is 19.3 Å². The summed E-state index contributed by atoms with van der Waals surface area (Å²) in [6.45, 7) is 2.20. The van der Waals surface area contributed by atoms with E-state index in [2.05, 4.69) is 12.1 Å². The SMILES string of the molecule is CCCCCCCC1CCC(C(=O)O)=NO1. The molecule has 0 amide bonds. The monoisotopic (exact) mass is 227 g/mol. The van der Waals surface area contributed by atoms with Crippen LogP contribution in [0, 0.1) is 0 Å². The smallest absolute Gasteiger partial charge is 0.353 e. The van der Waals surface area contributed by atoms with Crippen LogP contribution in [0.1, 0.15) is 58.3 Å². The molecule has 0 saturated heterocycles. The second-order valence-electron chi connectivity index (χ2n) is 4.31. The lowest BCUT2D eigenvalue weighted by Crippen LogP contribution is -2.23. The maximum Gasteiger partial charge on any atom is 0.353 e. The van der Waals surface area contributed by atoms with E-state index >= 15 is 0 Å². The van der Waals surface area contributed by atoms with Crippen molar-refractivity contribution in [2.24, 2.45) is 5.16 Å². The second-order valence-corrected chi connectivity index (χ2v) is 4.31. The normalized spacial score (nSPS) is 20.1. The summed E-state index contributed by atoms with van der Waals surface area (Å²) in [6.07, 6.45) is 8.69. The van der Waals surface area contributed by atoms with Gasteiger partial charge in [-0.05, 0) is 19.3 Å². The third-order valence-corrected chi connectivity index (χ3v) is 2.89. The Bertz CT molecular complexity index is 251. The molecule has 4 nitrogen and oxygen atoms in total. The Hall–Kier alpha value is -1.06. The fourth-order valence-corrected chi connectivity index (χ4v) is 1.85. The lowest BCUT2D eigenvalue weighted by Gasteiger charge is -2.19. The van der Waals surface area contributed by atoms with E-state index in [1.54, 1.807) is 0 Å². The van der Waals surface area contributed by atoms with Crippen LogP contribution in [-0.2, 0) is 9.63 Å². The Kier molecular flexibility index (Phi) is 5.90. The quantitative estimate of drug-likeness (QED) is 0.680. The van der Waals surface area contributed by atoms with Gasteiger partial charge < -0.3 is 9.94 Å². The van der Waals surface area contributed by atoms with Crippen molar-refractivity contribution in [3.8, 4) is 0 Å². The minimum atomic E-state index is -0.957. The Morgan fingerprint density at radius 2 is 2.19 bits per heavy atom. The lowest BCUT2D eigenvalue weighted by molar-refractivity contribution is -0.130. The van der Waals surface area contributed by atoms with Crippen LogP contribution in [0.4, 0.5) is 0 Å². The first-order valence-electron chi connectivity index (χ1n) is 6.20. The minimum absolute atomic E-state index is 0.129. The summed E-state index contributed by atoms with van der Waals surface area (Å²) >= 11 is 0. The summed E-state index contributed by atoms with van der Waals surface area (Å²) in [7, 11) is 0. The summed E-state index contributed by atoms with van der Waals surface area (Å²) in [6, 6.07) is 0. The number of rotatable bonds is 7. The van der Waals surface area contributed by atoms with Gasteiger partial charge >= 0.3 is 5.97 Å². The standard InChI is InChI=1S/C12H21NO3/c1-2-3-4-5-6-7-10-8-9-11(12(14)15)13-16-10/h10H,2-9H2,1H3,(H,14,15). The van der Waals surface area contributed by atoms with Crippen LogP contribution in [0.5, 0.6) is 0 Å². The molecule has 0 aliphatic carbocycles. The van der Waals surface area contributed by atoms with Crippen molar-refractivity contribution in [1.82, 2.24) is 0 Å². The summed E-state index contributed by atoms with van der Waals surface area (Å²) < 4.78 is 0. The van der Waals surface area contributed by atoms with Gasteiger partial charge in [0.05, 0.1) is 0 Å². The van der Waals surface area contributed by atoms with Crippen molar-refractivity contribution < 1.29 is 14.7 Å². The number of aliphatic carboxylic acids is 1. The average molecular weight is 227 g/mol. The summed E-state index contributed by atoms with van der Waals surface area (Å²) in [5, 5.41) is 12.3. The summed E-state index contributed by atoms with van der Waals surface area (Å²) in [5.74, 6) is -0.957. The molecule has 0 radical (unpaired) electrons. The maximum absolute atomic E-state index is 10.6. The molecule has 1 unspecified atom stereocenters. The molecule has 1 aliphatic rings. The first-order valence-corrected chi connectivity index (χ1v) is 6.20. The number of oxime groups is 1. The number of carboxylic acids is 1. The van der Waals surface area contributed by atoms with E-state index < -0.39 is 5.97 Å². The van der Waals surface area contributed by atoms with Crippen LogP contribution in [-0.4, -0.2) is 22.9 Å². The van der Waals surface area contributed by atoms with Crippen LogP contribution in [0.15, 0.2) is 5.16 Å². The highest BCUT2D eigenvalue weighted by molar-refractivity contribution is 6.35. The van der Waals surface area contributed by atoms with Crippen molar-refractivity contribution in [1.29, 1.82) is 0 Å². The molecular weight excluding hydrogens is 206 g/mol. The van der Waals surface area contributed by atoms with Crippen LogP contribution in [0.2, 0.25) is 0 Å². The van der Waals surface area contributed by atoms with E-state index in [0.29, 0.717) is 6.42 Å². The van der Waals surface area contributed by atoms with Crippen molar-refractivity contribution in [2.45, 2.75) is 64.4 Å². The van der Waals surface area contributed by atoms with E-state index in [-0.39, 0.29) is 11.8 Å². The van der Waals surface area contributed by atoms with Gasteiger partial charge in [0, 0.05) is 6.42 Å². The zero-order chi connectivity index (χ0) is 11.8. The number of carboxylic acid groups (broad SMARTS) is 1. The maximum atomic E-state index is 10.6. The predicted octanol–water partition coefficient (Wildman–Crippen LogP) is 2.97. The van der Waals surface area contributed by atoms with Crippen molar-refractivity contribution in [2.75, 3.05) is 0 Å². The minimum Gasteiger partial charge on any atom is -0.477 e. The molecule has 1 aliphatic heterocycles. The molecule has 1 N–H and O–H groups in total. The van der Waals surface area contributed by atoms with Gasteiger partial charge in [0.2, 0.25) is 0 Å². The average Bonchev–Trinajstić information content (AvgIpc) is 2.29. The third-order valence-electron chi connectivity index (χ3n) is 2.89. The zero-order valence-electron chi connectivity index (χ0n) is 9.95. The number of nitrogens with zero attached hydrogens (tertiary/aromatic N) is 1. The van der Waals surface area contributed by atoms with Gasteiger partial charge in [-0.2, -0.15) is 0 Å². The number of hydrogen-bond donors (Lipinski definition) is 1. The number of hydrogen-bond acceptors (Lipinski definition) is 3. The molecule has 0 aromatic carbocycles. The zero-order valence-corrected chi connectivity index (χ0v) is 9.95. The predicted molar refractivity (Wildman–Crippen MR) is 62.6 cm³/mol. The van der Waals surface area contributed by atoms with Gasteiger partial charge in [0.15, 0.2) is 5.71 Å². The highest BCUT2D eigenvalue weighted by Gasteiger charge is 2.20. The summed E-state index contributed by atoms with van der Waals surface area (Å²) in [5.41, 5.74) is 0.155. The first-order chi connectivity index (χ1) is 7.74. The molecule has 0 spiro atoms. The van der Waals surface area contributed by atoms with E-state index in [9.17, 15) is 4.79 Å². The van der Waals surface area contributed by atoms with Gasteiger partial charge in [0.25, 0.3) is 0 Å². The largest absolute Gasteiger partial charge is 0.477 e. The van der Waals surface area contributed by atoms with Crippen molar-refractivity contribution in [3.63, 3.8) is 0 Å². The molecule has 0 fully saturated rings. The first kappa shape index (κ1) is 13.0. The second kappa shape index (κ2) is 7.25. The highest BCUT2D eigenvalue weighted by atomic mass is 16.6. The molecule has 0 aromatic heterocycles. The molecule has 16 heavy (non-hydrogen) atoms. The number of unbranched alkanes of at least 4 members (excludes halogenated alkanes) is 4. The van der Waals surface area contributed by atoms with Gasteiger partial charge in [0.1, 0.15) is 6.10 Å². The molecule has 92 valence electrons. The van der Waals surface area contributed by atoms with Crippen LogP contribution in [0.25, 0.3) is 0 Å². The van der Waals surface area contributed by atoms with Gasteiger partial charge in [-0.25, -0.2) is 4.79 Å². The van der Waals surface area contributed by atoms with E-state index in [1.807, 2.05) is 0 Å². The fourth-order valence-electron chi connectivity index (χ4n) is 1.85. The fraction of sp³-hybridized carbons (Fsp3) is 0.833. The summed E-state index contributed by atoms with van der Waals surface area (Å²) in [4.78, 5) is 15.7. The van der Waals surface area contributed by atoms with Crippen molar-refractivity contribution in [3.05, 3.63) is 0 Å². The number of carbonyl (C=O) groups is 1. The topological polar surface area (TPSA) is 58.9 Å². The van der Waals surface area contributed by atoms with Crippen LogP contribution in [0.3, 0.4) is 0 Å². The Labute approximate surface area is 96.7 Å². The molecule has 1 atom stereocenters. The molecule has 1 heterocycles. The van der Waals surface area contributed by atoms with Crippen LogP contribution >= 0.6 is 0 Å². The molecule has 0 bridgehead atoms.